The number of ketones is 1. The van der Waals surface area contributed by atoms with Crippen molar-refractivity contribution in [3.63, 3.8) is 0 Å². The predicted octanol–water partition coefficient (Wildman–Crippen LogP) is 6.25. The Morgan fingerprint density at radius 3 is 2.37 bits per heavy atom. The van der Waals surface area contributed by atoms with Crippen molar-refractivity contribution in [1.29, 1.82) is 0 Å². The SMILES string of the molecule is C1=CC=CNC=C1.O=C(c1cc(F)cc(C(F)(F)F)c1)C1C=c2c(ccc3c2=CCc2ccccc2-3)CC1. The maximum atomic E-state index is 13.8. The Bertz CT molecular complexity index is 1580. The summed E-state index contributed by atoms with van der Waals surface area (Å²) in [6.45, 7) is 0. The van der Waals surface area contributed by atoms with Gasteiger partial charge in [0, 0.05) is 23.9 Å². The van der Waals surface area contributed by atoms with Crippen molar-refractivity contribution >= 4 is 17.9 Å². The van der Waals surface area contributed by atoms with Crippen LogP contribution in [0, 0.1) is 11.7 Å². The summed E-state index contributed by atoms with van der Waals surface area (Å²) in [5, 5.41) is 4.94. The molecule has 1 heterocycles. The summed E-state index contributed by atoms with van der Waals surface area (Å²) < 4.78 is 53.0. The largest absolute Gasteiger partial charge is 0.416 e. The van der Waals surface area contributed by atoms with Gasteiger partial charge in [-0.05, 0) is 82.3 Å². The van der Waals surface area contributed by atoms with Crippen molar-refractivity contribution in [3.05, 3.63) is 130 Å². The number of alkyl halides is 3. The zero-order chi connectivity index (χ0) is 26.7. The number of rotatable bonds is 2. The van der Waals surface area contributed by atoms with E-state index in [1.807, 2.05) is 54.9 Å². The normalized spacial score (nSPS) is 16.8. The average molecular weight is 516 g/mol. The molecule has 38 heavy (non-hydrogen) atoms. The second-order valence-corrected chi connectivity index (χ2v) is 9.34. The van der Waals surface area contributed by atoms with Gasteiger partial charge in [-0.15, -0.1) is 0 Å². The van der Waals surface area contributed by atoms with Gasteiger partial charge in [-0.25, -0.2) is 4.39 Å². The van der Waals surface area contributed by atoms with E-state index in [0.717, 1.165) is 45.7 Å². The Balaban J connectivity index is 0.000000366. The third kappa shape index (κ3) is 5.40. The Hall–Kier alpha value is -4.19. The second kappa shape index (κ2) is 10.7. The highest BCUT2D eigenvalue weighted by Crippen LogP contribution is 2.32. The third-order valence-electron chi connectivity index (χ3n) is 6.87. The Kier molecular flexibility index (Phi) is 7.14. The van der Waals surface area contributed by atoms with Crippen LogP contribution in [0.15, 0.2) is 91.3 Å². The number of nitrogens with one attached hydrogen (secondary N) is 1. The summed E-state index contributed by atoms with van der Waals surface area (Å²) in [5.74, 6) is -2.13. The molecule has 0 saturated carbocycles. The zero-order valence-corrected chi connectivity index (χ0v) is 20.4. The van der Waals surface area contributed by atoms with Gasteiger partial charge in [-0.1, -0.05) is 60.7 Å². The molecule has 1 aliphatic heterocycles. The smallest absolute Gasteiger partial charge is 0.368 e. The number of allylic oxidation sites excluding steroid dienone is 4. The minimum atomic E-state index is -4.71. The number of Topliss-reactive ketones (excluding diaryl/α,β-unsaturated/α-hetero) is 1. The summed E-state index contributed by atoms with van der Waals surface area (Å²) in [5.41, 5.74) is 3.22. The Morgan fingerprint density at radius 2 is 1.61 bits per heavy atom. The van der Waals surface area contributed by atoms with E-state index in [2.05, 4.69) is 35.7 Å². The van der Waals surface area contributed by atoms with Gasteiger partial charge in [0.1, 0.15) is 5.82 Å². The van der Waals surface area contributed by atoms with Crippen LogP contribution < -0.4 is 15.8 Å². The van der Waals surface area contributed by atoms with Crippen LogP contribution >= 0.6 is 0 Å². The highest BCUT2D eigenvalue weighted by atomic mass is 19.4. The quantitative estimate of drug-likeness (QED) is 0.323. The fourth-order valence-electron chi connectivity index (χ4n) is 5.04. The van der Waals surface area contributed by atoms with E-state index in [-0.39, 0.29) is 5.56 Å². The van der Waals surface area contributed by atoms with Gasteiger partial charge < -0.3 is 5.32 Å². The van der Waals surface area contributed by atoms with E-state index in [1.165, 1.54) is 5.56 Å². The molecule has 0 aromatic heterocycles. The first-order valence-corrected chi connectivity index (χ1v) is 12.4. The van der Waals surface area contributed by atoms with E-state index in [4.69, 9.17) is 0 Å². The number of carbonyl (C=O) groups excluding carboxylic acids is 1. The van der Waals surface area contributed by atoms with Crippen LogP contribution in [0.4, 0.5) is 17.6 Å². The Morgan fingerprint density at radius 1 is 0.842 bits per heavy atom. The first-order chi connectivity index (χ1) is 18.3. The lowest BCUT2D eigenvalue weighted by molar-refractivity contribution is -0.137. The molecule has 0 fully saturated rings. The van der Waals surface area contributed by atoms with E-state index in [1.54, 1.807) is 0 Å². The standard InChI is InChI=1S/C26H18F4O.C6H7N/c27-20-12-18(11-19(14-20)26(28,29)30)25(31)17-6-5-16-8-9-22-21-4-2-1-3-15(21)7-10-23(22)24(16)13-17;1-2-4-6-7-5-3-1/h1-4,8-14,17H,5-7H2;1-7H. The fraction of sp³-hybridized carbons (Fsp3) is 0.156. The van der Waals surface area contributed by atoms with Crippen molar-refractivity contribution < 1.29 is 22.4 Å². The van der Waals surface area contributed by atoms with Crippen LogP contribution in [-0.4, -0.2) is 5.78 Å². The van der Waals surface area contributed by atoms with Gasteiger partial charge in [0.25, 0.3) is 0 Å². The summed E-state index contributed by atoms with van der Waals surface area (Å²) >= 11 is 0. The van der Waals surface area contributed by atoms with Gasteiger partial charge in [0.2, 0.25) is 0 Å². The molecule has 0 bridgehead atoms. The Labute approximate surface area is 218 Å². The van der Waals surface area contributed by atoms with Gasteiger partial charge in [0.15, 0.2) is 5.78 Å². The molecular formula is C32H25F4NO. The number of hydrogen-bond acceptors (Lipinski definition) is 2. The summed E-state index contributed by atoms with van der Waals surface area (Å²) in [6.07, 6.45) is 12.8. The van der Waals surface area contributed by atoms with E-state index >= 15 is 0 Å². The van der Waals surface area contributed by atoms with Crippen molar-refractivity contribution in [2.75, 3.05) is 0 Å². The molecule has 2 nitrogen and oxygen atoms in total. The lowest BCUT2D eigenvalue weighted by atomic mass is 9.82. The van der Waals surface area contributed by atoms with Crippen LogP contribution in [0.1, 0.15) is 33.5 Å². The van der Waals surface area contributed by atoms with Gasteiger partial charge in [0.05, 0.1) is 5.56 Å². The number of aryl methyl sites for hydroxylation is 1. The molecule has 1 unspecified atom stereocenters. The molecular weight excluding hydrogens is 490 g/mol. The number of hydrogen-bond donors (Lipinski definition) is 1. The summed E-state index contributed by atoms with van der Waals surface area (Å²) in [4.78, 5) is 13.0. The number of carbonyl (C=O) groups is 1. The van der Waals surface area contributed by atoms with Crippen LogP contribution in [-0.2, 0) is 19.0 Å². The first-order valence-electron chi connectivity index (χ1n) is 12.4. The van der Waals surface area contributed by atoms with Crippen LogP contribution in [0.5, 0.6) is 0 Å². The summed E-state index contributed by atoms with van der Waals surface area (Å²) in [6, 6.07) is 14.4. The van der Waals surface area contributed by atoms with E-state index in [9.17, 15) is 22.4 Å². The van der Waals surface area contributed by atoms with Gasteiger partial charge in [-0.3, -0.25) is 4.79 Å². The topological polar surface area (TPSA) is 29.1 Å². The van der Waals surface area contributed by atoms with Crippen LogP contribution in [0.25, 0.3) is 23.3 Å². The molecule has 2 aliphatic carbocycles. The van der Waals surface area contributed by atoms with E-state index < -0.39 is 29.3 Å². The van der Waals surface area contributed by atoms with Crippen molar-refractivity contribution in [3.8, 4) is 11.1 Å². The molecule has 1 atom stereocenters. The predicted molar refractivity (Wildman–Crippen MR) is 142 cm³/mol. The van der Waals surface area contributed by atoms with Crippen LogP contribution in [0.2, 0.25) is 0 Å². The highest BCUT2D eigenvalue weighted by molar-refractivity contribution is 6.01. The third-order valence-corrected chi connectivity index (χ3v) is 6.87. The van der Waals surface area contributed by atoms with Crippen LogP contribution in [0.3, 0.4) is 0 Å². The maximum Gasteiger partial charge on any atom is 0.416 e. The highest BCUT2D eigenvalue weighted by Gasteiger charge is 2.33. The molecule has 1 N–H and O–H groups in total. The second-order valence-electron chi connectivity index (χ2n) is 9.34. The number of benzene rings is 3. The van der Waals surface area contributed by atoms with Gasteiger partial charge in [-0.2, -0.15) is 13.2 Å². The zero-order valence-electron chi connectivity index (χ0n) is 20.4. The lowest BCUT2D eigenvalue weighted by Gasteiger charge is -2.21. The molecule has 3 aromatic rings. The fourth-order valence-corrected chi connectivity index (χ4v) is 5.04. The minimum Gasteiger partial charge on any atom is -0.368 e. The first kappa shape index (κ1) is 25.5. The average Bonchev–Trinajstić information content (AvgIpc) is 3.25. The van der Waals surface area contributed by atoms with E-state index in [0.29, 0.717) is 18.9 Å². The molecule has 3 aliphatic rings. The van der Waals surface area contributed by atoms with Crippen molar-refractivity contribution in [2.24, 2.45) is 5.92 Å². The molecule has 0 radical (unpaired) electrons. The number of fused-ring (bicyclic) bond motifs is 5. The molecule has 3 aromatic carbocycles. The monoisotopic (exact) mass is 515 g/mol. The minimum absolute atomic E-state index is 0.240. The van der Waals surface area contributed by atoms with Crippen molar-refractivity contribution in [2.45, 2.75) is 25.4 Å². The van der Waals surface area contributed by atoms with Crippen molar-refractivity contribution in [1.82, 2.24) is 5.32 Å². The van der Waals surface area contributed by atoms with Gasteiger partial charge >= 0.3 is 6.18 Å². The number of halogens is 4. The molecule has 0 spiro atoms. The summed E-state index contributed by atoms with van der Waals surface area (Å²) in [7, 11) is 0. The molecule has 6 heteroatoms. The maximum absolute atomic E-state index is 13.8. The lowest BCUT2D eigenvalue weighted by Crippen LogP contribution is -2.37. The molecule has 0 saturated heterocycles. The molecule has 0 amide bonds. The molecule has 6 rings (SSSR count). The molecule has 192 valence electrons.